The van der Waals surface area contributed by atoms with Gasteiger partial charge in [-0.25, -0.2) is 0 Å². The fourth-order valence-electron chi connectivity index (χ4n) is 0.742. The molecule has 3 heteroatoms. The highest BCUT2D eigenvalue weighted by Gasteiger charge is 1.97. The van der Waals surface area contributed by atoms with Gasteiger partial charge in [-0.2, -0.15) is 0 Å². The van der Waals surface area contributed by atoms with Crippen LogP contribution in [-0.2, 0) is 9.53 Å². The molecule has 0 aromatic rings. The lowest BCUT2D eigenvalue weighted by atomic mass is 10.3. The number of ether oxygens (including phenoxy) is 1. The quantitative estimate of drug-likeness (QED) is 0.349. The summed E-state index contributed by atoms with van der Waals surface area (Å²) in [5.41, 5.74) is 1.26. The van der Waals surface area contributed by atoms with E-state index in [9.17, 15) is 4.79 Å². The fraction of sp³-hybridized carbons (Fsp3) is 0.364. The maximum absolute atomic E-state index is 10.2. The number of likely N-dealkylation sites (N-methyl/N-ethyl adjacent to an activating group) is 1. The van der Waals surface area contributed by atoms with E-state index >= 15 is 0 Å². The Morgan fingerprint density at radius 1 is 1.43 bits per heavy atom. The van der Waals surface area contributed by atoms with Crippen molar-refractivity contribution in [1.82, 2.24) is 4.90 Å². The number of methoxy groups -OCH3 is 1. The van der Waals surface area contributed by atoms with Gasteiger partial charge in [0.15, 0.2) is 0 Å². The van der Waals surface area contributed by atoms with Crippen LogP contribution in [0, 0.1) is 0 Å². The number of aldehydes is 1. The first-order chi connectivity index (χ1) is 6.61. The topological polar surface area (TPSA) is 29.5 Å². The molecule has 0 N–H and O–H groups in total. The molecule has 0 spiro atoms. The number of carbonyl (C=O) groups is 1. The molecule has 0 fully saturated rings. The number of nitrogens with zero attached hydrogens (tertiary/aromatic N) is 1. The Bertz CT molecular complexity index is 244. The van der Waals surface area contributed by atoms with E-state index in [2.05, 4.69) is 13.2 Å². The first-order valence-corrected chi connectivity index (χ1v) is 4.33. The summed E-state index contributed by atoms with van der Waals surface area (Å²) in [6.45, 7) is 8.79. The van der Waals surface area contributed by atoms with E-state index < -0.39 is 0 Å². The minimum Gasteiger partial charge on any atom is -0.383 e. The summed E-state index contributed by atoms with van der Waals surface area (Å²) in [5.74, 6) is 0. The summed E-state index contributed by atoms with van der Waals surface area (Å²) in [7, 11) is 3.57. The van der Waals surface area contributed by atoms with Crippen LogP contribution in [0.5, 0.6) is 0 Å². The summed E-state index contributed by atoms with van der Waals surface area (Å²) in [6.07, 6.45) is 4.10. The summed E-state index contributed by atoms with van der Waals surface area (Å²) in [4.78, 5) is 12.2. The Morgan fingerprint density at radius 3 is 2.57 bits per heavy atom. The van der Waals surface area contributed by atoms with Crippen molar-refractivity contribution in [3.8, 4) is 0 Å². The van der Waals surface area contributed by atoms with Gasteiger partial charge >= 0.3 is 0 Å². The van der Waals surface area contributed by atoms with Crippen molar-refractivity contribution in [2.24, 2.45) is 0 Å². The third kappa shape index (κ3) is 5.32. The molecule has 0 heterocycles. The number of hydrogen-bond acceptors (Lipinski definition) is 3. The highest BCUT2D eigenvalue weighted by atomic mass is 16.5. The first kappa shape index (κ1) is 12.7. The van der Waals surface area contributed by atoms with Gasteiger partial charge in [-0.15, -0.1) is 0 Å². The van der Waals surface area contributed by atoms with Gasteiger partial charge in [0.25, 0.3) is 0 Å². The molecule has 0 amide bonds. The standard InChI is InChI=1S/C11H17NO2/c1-10(9-13)5-6-11(2)12(3)7-8-14-4/h5-6,9H,1-2,7-8H2,3-4H3. The highest BCUT2D eigenvalue weighted by Crippen LogP contribution is 2.01. The number of carbonyl (C=O) groups excluding carboxylic acids is 1. The van der Waals surface area contributed by atoms with Crippen molar-refractivity contribution >= 4 is 6.29 Å². The van der Waals surface area contributed by atoms with Gasteiger partial charge in [-0.3, -0.25) is 4.79 Å². The first-order valence-electron chi connectivity index (χ1n) is 4.33. The second-order valence-electron chi connectivity index (χ2n) is 2.93. The van der Waals surface area contributed by atoms with Gasteiger partial charge in [-0.05, 0) is 6.08 Å². The second-order valence-corrected chi connectivity index (χ2v) is 2.93. The van der Waals surface area contributed by atoms with E-state index in [0.717, 1.165) is 12.2 Å². The van der Waals surface area contributed by atoms with Gasteiger partial charge in [0.05, 0.1) is 6.61 Å². The predicted octanol–water partition coefficient (Wildman–Crippen LogP) is 1.39. The molecule has 78 valence electrons. The molecule has 0 bridgehead atoms. The maximum Gasteiger partial charge on any atom is 0.149 e. The average Bonchev–Trinajstić information content (AvgIpc) is 2.21. The maximum atomic E-state index is 10.2. The molecule has 0 radical (unpaired) electrons. The molecule has 0 aromatic carbocycles. The SMILES string of the molecule is C=C(C=O)C=CC(=C)N(C)CCOC. The van der Waals surface area contributed by atoms with Crippen LogP contribution in [0.3, 0.4) is 0 Å². The third-order valence-corrected chi connectivity index (χ3v) is 1.76. The molecule has 0 unspecified atom stereocenters. The van der Waals surface area contributed by atoms with Crippen LogP contribution in [-0.4, -0.2) is 38.5 Å². The number of hydrogen-bond donors (Lipinski definition) is 0. The van der Waals surface area contributed by atoms with E-state index in [-0.39, 0.29) is 0 Å². The highest BCUT2D eigenvalue weighted by molar-refractivity contribution is 5.76. The molecular formula is C11H17NO2. The second kappa shape index (κ2) is 7.09. The lowest BCUT2D eigenvalue weighted by Crippen LogP contribution is -2.20. The van der Waals surface area contributed by atoms with Crippen LogP contribution < -0.4 is 0 Å². The van der Waals surface area contributed by atoms with Gasteiger partial charge in [0, 0.05) is 32.0 Å². The Morgan fingerprint density at radius 2 is 2.07 bits per heavy atom. The molecule has 0 aliphatic heterocycles. The van der Waals surface area contributed by atoms with Crippen molar-refractivity contribution in [2.75, 3.05) is 27.3 Å². The van der Waals surface area contributed by atoms with E-state index in [4.69, 9.17) is 4.74 Å². The van der Waals surface area contributed by atoms with Crippen LogP contribution in [0.4, 0.5) is 0 Å². The van der Waals surface area contributed by atoms with Gasteiger partial charge in [-0.1, -0.05) is 19.2 Å². The minimum atomic E-state index is 0.436. The largest absolute Gasteiger partial charge is 0.383 e. The van der Waals surface area contributed by atoms with E-state index in [1.165, 1.54) is 0 Å². The monoisotopic (exact) mass is 195 g/mol. The molecule has 14 heavy (non-hydrogen) atoms. The van der Waals surface area contributed by atoms with Crippen molar-refractivity contribution in [3.63, 3.8) is 0 Å². The third-order valence-electron chi connectivity index (χ3n) is 1.76. The lowest BCUT2D eigenvalue weighted by molar-refractivity contribution is -0.104. The Labute approximate surface area is 85.4 Å². The van der Waals surface area contributed by atoms with Crippen molar-refractivity contribution < 1.29 is 9.53 Å². The van der Waals surface area contributed by atoms with E-state index in [1.54, 1.807) is 19.3 Å². The Kier molecular flexibility index (Phi) is 6.41. The van der Waals surface area contributed by atoms with Crippen LogP contribution in [0.1, 0.15) is 0 Å². The molecule has 0 aliphatic rings. The van der Waals surface area contributed by atoms with E-state index in [1.807, 2.05) is 11.9 Å². The van der Waals surface area contributed by atoms with E-state index in [0.29, 0.717) is 18.5 Å². The lowest BCUT2D eigenvalue weighted by Gasteiger charge is -2.18. The molecule has 0 atom stereocenters. The van der Waals surface area contributed by atoms with Crippen molar-refractivity contribution in [3.05, 3.63) is 36.6 Å². The summed E-state index contributed by atoms with van der Waals surface area (Å²) < 4.78 is 4.93. The van der Waals surface area contributed by atoms with Gasteiger partial charge in [0.1, 0.15) is 6.29 Å². The van der Waals surface area contributed by atoms with Crippen LogP contribution in [0.25, 0.3) is 0 Å². The van der Waals surface area contributed by atoms with Crippen LogP contribution >= 0.6 is 0 Å². The Hall–Kier alpha value is -1.35. The van der Waals surface area contributed by atoms with Crippen molar-refractivity contribution in [1.29, 1.82) is 0 Å². The Balaban J connectivity index is 4.00. The van der Waals surface area contributed by atoms with Crippen LogP contribution in [0.15, 0.2) is 36.6 Å². The minimum absolute atomic E-state index is 0.436. The zero-order valence-corrected chi connectivity index (χ0v) is 8.82. The van der Waals surface area contributed by atoms with Gasteiger partial charge < -0.3 is 9.64 Å². The summed E-state index contributed by atoms with van der Waals surface area (Å²) in [6, 6.07) is 0. The van der Waals surface area contributed by atoms with Crippen LogP contribution in [0.2, 0.25) is 0 Å². The molecule has 0 aromatic heterocycles. The predicted molar refractivity (Wildman–Crippen MR) is 58.0 cm³/mol. The summed E-state index contributed by atoms with van der Waals surface area (Å²) in [5, 5.41) is 0. The molecular weight excluding hydrogens is 178 g/mol. The molecule has 0 aliphatic carbocycles. The molecule has 0 saturated heterocycles. The fourth-order valence-corrected chi connectivity index (χ4v) is 0.742. The zero-order chi connectivity index (χ0) is 11.0. The van der Waals surface area contributed by atoms with Gasteiger partial charge in [0.2, 0.25) is 0 Å². The smallest absolute Gasteiger partial charge is 0.149 e. The number of rotatable bonds is 7. The number of allylic oxidation sites excluding steroid dienone is 3. The molecule has 0 rings (SSSR count). The molecule has 0 saturated carbocycles. The normalized spacial score (nSPS) is 10.1. The van der Waals surface area contributed by atoms with Crippen molar-refractivity contribution in [2.45, 2.75) is 0 Å². The zero-order valence-electron chi connectivity index (χ0n) is 8.82. The average molecular weight is 195 g/mol. The summed E-state index contributed by atoms with van der Waals surface area (Å²) >= 11 is 0. The molecule has 3 nitrogen and oxygen atoms in total.